The Morgan fingerprint density at radius 3 is 3.16 bits per heavy atom. The van der Waals surface area contributed by atoms with Crippen molar-refractivity contribution in [2.24, 2.45) is 5.73 Å². The van der Waals surface area contributed by atoms with Crippen molar-refractivity contribution in [2.45, 2.75) is 44.0 Å². The Kier molecular flexibility index (Phi) is 5.21. The Balaban J connectivity index is 1.74. The molecule has 0 radical (unpaired) electrons. The van der Waals surface area contributed by atoms with Gasteiger partial charge in [-0.2, -0.15) is 11.8 Å². The summed E-state index contributed by atoms with van der Waals surface area (Å²) in [6.45, 7) is 1.03. The molecular weight excluding hydrogens is 264 g/mol. The van der Waals surface area contributed by atoms with Crippen molar-refractivity contribution in [3.8, 4) is 0 Å². The number of thioether (sulfide) groups is 1. The van der Waals surface area contributed by atoms with Crippen LogP contribution in [0.25, 0.3) is 0 Å². The maximum atomic E-state index is 11.1. The van der Waals surface area contributed by atoms with Crippen LogP contribution in [-0.4, -0.2) is 39.6 Å². The number of aryl methyl sites for hydroxylation is 1. The van der Waals surface area contributed by atoms with Gasteiger partial charge in [-0.05, 0) is 25.0 Å². The molecule has 2 rings (SSSR count). The van der Waals surface area contributed by atoms with Crippen LogP contribution >= 0.6 is 11.8 Å². The van der Waals surface area contributed by atoms with Crippen molar-refractivity contribution in [3.63, 3.8) is 0 Å². The fourth-order valence-electron chi connectivity index (χ4n) is 2.12. The van der Waals surface area contributed by atoms with E-state index >= 15 is 0 Å². The van der Waals surface area contributed by atoms with Crippen LogP contribution in [-0.2, 0) is 28.2 Å². The van der Waals surface area contributed by atoms with Crippen molar-refractivity contribution >= 4 is 17.7 Å². The molecular formula is C12H20N4O2S. The van der Waals surface area contributed by atoms with Crippen LogP contribution < -0.4 is 5.73 Å². The van der Waals surface area contributed by atoms with E-state index in [-0.39, 0.29) is 5.97 Å². The average Bonchev–Trinajstić information content (AvgIpc) is 2.86. The molecule has 1 aromatic heterocycles. The zero-order valence-electron chi connectivity index (χ0n) is 11.2. The zero-order valence-corrected chi connectivity index (χ0v) is 12.0. The van der Waals surface area contributed by atoms with Gasteiger partial charge < -0.3 is 15.0 Å². The number of fused-ring (bicyclic) bond motifs is 1. The van der Waals surface area contributed by atoms with Crippen molar-refractivity contribution in [1.82, 2.24) is 14.8 Å². The number of hydrogen-bond acceptors (Lipinski definition) is 6. The van der Waals surface area contributed by atoms with Gasteiger partial charge in [0.15, 0.2) is 0 Å². The first-order valence-corrected chi connectivity index (χ1v) is 7.70. The van der Waals surface area contributed by atoms with Gasteiger partial charge in [0.05, 0.1) is 12.9 Å². The highest BCUT2D eigenvalue weighted by Crippen LogP contribution is 2.18. The molecule has 19 heavy (non-hydrogen) atoms. The summed E-state index contributed by atoms with van der Waals surface area (Å²) >= 11 is 1.73. The molecule has 0 amide bonds. The van der Waals surface area contributed by atoms with Crippen LogP contribution in [0.5, 0.6) is 0 Å². The van der Waals surface area contributed by atoms with E-state index in [9.17, 15) is 4.79 Å². The number of carbonyl (C=O) groups excluding carboxylic acids is 1. The maximum Gasteiger partial charge on any atom is 0.322 e. The number of esters is 1. The molecule has 1 aromatic rings. The minimum Gasteiger partial charge on any atom is -0.468 e. The van der Waals surface area contributed by atoms with Gasteiger partial charge in [0.1, 0.15) is 17.7 Å². The van der Waals surface area contributed by atoms with Gasteiger partial charge in [-0.15, -0.1) is 10.2 Å². The molecule has 0 spiro atoms. The Bertz CT molecular complexity index is 435. The van der Waals surface area contributed by atoms with Crippen LogP contribution in [0.1, 0.15) is 30.9 Å². The molecule has 6 nitrogen and oxygen atoms in total. The number of aromatic nitrogens is 3. The summed E-state index contributed by atoms with van der Waals surface area (Å²) < 4.78 is 6.81. The first-order valence-electron chi connectivity index (χ1n) is 6.54. The van der Waals surface area contributed by atoms with Gasteiger partial charge in [-0.25, -0.2) is 0 Å². The third-order valence-electron chi connectivity index (χ3n) is 3.24. The normalized spacial score (nSPS) is 15.9. The summed E-state index contributed by atoms with van der Waals surface area (Å²) in [6, 6.07) is -0.523. The lowest BCUT2D eigenvalue weighted by atomic mass is 10.2. The number of rotatable bonds is 6. The molecule has 106 valence electrons. The molecule has 1 aliphatic rings. The topological polar surface area (TPSA) is 83.0 Å². The van der Waals surface area contributed by atoms with E-state index < -0.39 is 6.04 Å². The molecule has 0 aliphatic carbocycles. The maximum absolute atomic E-state index is 11.1. The molecule has 7 heteroatoms. The predicted octanol–water partition coefficient (Wildman–Crippen LogP) is 0.738. The molecule has 0 fully saturated rings. The van der Waals surface area contributed by atoms with Crippen molar-refractivity contribution < 1.29 is 9.53 Å². The number of carbonyl (C=O) groups is 1. The zero-order chi connectivity index (χ0) is 13.7. The first kappa shape index (κ1) is 14.3. The van der Waals surface area contributed by atoms with Gasteiger partial charge in [0.25, 0.3) is 0 Å². The summed E-state index contributed by atoms with van der Waals surface area (Å²) in [5.74, 6) is 3.43. The Labute approximate surface area is 117 Å². The van der Waals surface area contributed by atoms with E-state index in [1.165, 1.54) is 20.0 Å². The van der Waals surface area contributed by atoms with E-state index in [1.54, 1.807) is 11.8 Å². The van der Waals surface area contributed by atoms with Crippen LogP contribution in [0.3, 0.4) is 0 Å². The summed E-state index contributed by atoms with van der Waals surface area (Å²) in [5, 5.41) is 8.45. The fraction of sp³-hybridized carbons (Fsp3) is 0.750. The van der Waals surface area contributed by atoms with E-state index in [0.717, 1.165) is 36.1 Å². The van der Waals surface area contributed by atoms with E-state index in [2.05, 4.69) is 19.5 Å². The minimum absolute atomic E-state index is 0.347. The molecule has 2 heterocycles. The lowest BCUT2D eigenvalue weighted by Gasteiger charge is -2.14. The third kappa shape index (κ3) is 3.70. The quantitative estimate of drug-likeness (QED) is 0.613. The molecule has 2 N–H and O–H groups in total. The molecule has 0 bridgehead atoms. The highest BCUT2D eigenvalue weighted by atomic mass is 32.2. The van der Waals surface area contributed by atoms with Crippen LogP contribution in [0, 0.1) is 0 Å². The molecule has 0 saturated carbocycles. The highest BCUT2D eigenvalue weighted by molar-refractivity contribution is 7.98. The second kappa shape index (κ2) is 6.91. The summed E-state index contributed by atoms with van der Waals surface area (Å²) in [7, 11) is 1.36. The fourth-order valence-corrected chi connectivity index (χ4v) is 3.08. The molecule has 1 aliphatic heterocycles. The van der Waals surface area contributed by atoms with Crippen molar-refractivity contribution in [2.75, 3.05) is 12.9 Å². The first-order chi connectivity index (χ1) is 9.22. The lowest BCUT2D eigenvalue weighted by molar-refractivity contribution is -0.142. The Morgan fingerprint density at radius 1 is 1.53 bits per heavy atom. The van der Waals surface area contributed by atoms with Crippen molar-refractivity contribution in [3.05, 3.63) is 11.6 Å². The predicted molar refractivity (Wildman–Crippen MR) is 73.7 cm³/mol. The summed E-state index contributed by atoms with van der Waals surface area (Å²) in [6.07, 6.45) is 4.07. The van der Waals surface area contributed by atoms with Crippen LogP contribution in [0.4, 0.5) is 0 Å². The molecule has 1 atom stereocenters. The monoisotopic (exact) mass is 284 g/mol. The van der Waals surface area contributed by atoms with Gasteiger partial charge in [-0.3, -0.25) is 4.79 Å². The summed E-state index contributed by atoms with van der Waals surface area (Å²) in [5.41, 5.74) is 5.68. The molecule has 1 unspecified atom stereocenters. The van der Waals surface area contributed by atoms with Gasteiger partial charge in [0.2, 0.25) is 0 Å². The number of ether oxygens (including phenoxy) is 1. The smallest absolute Gasteiger partial charge is 0.322 e. The second-order valence-electron chi connectivity index (χ2n) is 4.61. The van der Waals surface area contributed by atoms with Crippen molar-refractivity contribution in [1.29, 1.82) is 0 Å². The van der Waals surface area contributed by atoms with Crippen LogP contribution in [0.2, 0.25) is 0 Å². The molecule has 0 aromatic carbocycles. The third-order valence-corrected chi connectivity index (χ3v) is 4.23. The SMILES string of the molecule is COC(=O)C(N)CCSCc1nnc2n1CCCC2. The second-order valence-corrected chi connectivity index (χ2v) is 5.72. The lowest BCUT2D eigenvalue weighted by Crippen LogP contribution is -2.32. The number of nitrogens with two attached hydrogens (primary N) is 1. The molecule has 0 saturated heterocycles. The van der Waals surface area contributed by atoms with Crippen LogP contribution in [0.15, 0.2) is 0 Å². The van der Waals surface area contributed by atoms with Gasteiger partial charge in [-0.1, -0.05) is 0 Å². The number of hydrogen-bond donors (Lipinski definition) is 1. The van der Waals surface area contributed by atoms with E-state index in [1.807, 2.05) is 0 Å². The number of nitrogens with zero attached hydrogens (tertiary/aromatic N) is 3. The average molecular weight is 284 g/mol. The standard InChI is InChI=1S/C12H20N4O2S/c1-18-12(17)9(13)5-7-19-8-11-15-14-10-4-2-3-6-16(10)11/h9H,2-8,13H2,1H3. The van der Waals surface area contributed by atoms with Gasteiger partial charge >= 0.3 is 5.97 Å². The van der Waals surface area contributed by atoms with E-state index in [4.69, 9.17) is 5.73 Å². The number of methoxy groups -OCH3 is 1. The Morgan fingerprint density at radius 2 is 2.37 bits per heavy atom. The van der Waals surface area contributed by atoms with E-state index in [0.29, 0.717) is 6.42 Å². The van der Waals surface area contributed by atoms with Gasteiger partial charge in [0, 0.05) is 13.0 Å². The largest absolute Gasteiger partial charge is 0.468 e. The Hall–Kier alpha value is -1.08. The highest BCUT2D eigenvalue weighted by Gasteiger charge is 2.16. The minimum atomic E-state index is -0.523. The summed E-state index contributed by atoms with van der Waals surface area (Å²) in [4.78, 5) is 11.1.